The van der Waals surface area contributed by atoms with E-state index in [0.29, 0.717) is 0 Å². The van der Waals surface area contributed by atoms with E-state index in [9.17, 15) is 4.79 Å². The Morgan fingerprint density at radius 2 is 2.10 bits per heavy atom. The van der Waals surface area contributed by atoms with Gasteiger partial charge in [-0.2, -0.15) is 0 Å². The Labute approximate surface area is 119 Å². The van der Waals surface area contributed by atoms with Crippen molar-refractivity contribution in [2.75, 3.05) is 27.2 Å². The third-order valence-corrected chi connectivity index (χ3v) is 3.61. The summed E-state index contributed by atoms with van der Waals surface area (Å²) in [6.45, 7) is 5.01. The van der Waals surface area contributed by atoms with Gasteiger partial charge < -0.3 is 15.2 Å². The number of hydrogen-bond donors (Lipinski definition) is 3. The molecular weight excluding hydrogens is 250 g/mol. The first kappa shape index (κ1) is 14.8. The van der Waals surface area contributed by atoms with Crippen molar-refractivity contribution in [1.29, 1.82) is 0 Å². The molecule has 1 aromatic carbocycles. The molecule has 0 aliphatic heterocycles. The summed E-state index contributed by atoms with van der Waals surface area (Å²) >= 11 is 0. The van der Waals surface area contributed by atoms with Crippen molar-refractivity contribution in [1.82, 2.24) is 4.98 Å². The van der Waals surface area contributed by atoms with E-state index in [1.165, 1.54) is 17.9 Å². The monoisotopic (exact) mass is 275 g/mol. The van der Waals surface area contributed by atoms with Gasteiger partial charge >= 0.3 is 0 Å². The van der Waals surface area contributed by atoms with Gasteiger partial charge in [0.05, 0.1) is 38.3 Å². The lowest BCUT2D eigenvalue weighted by Gasteiger charge is -2.07. The van der Waals surface area contributed by atoms with E-state index in [2.05, 4.69) is 30.5 Å². The van der Waals surface area contributed by atoms with E-state index < -0.39 is 0 Å². The molecule has 2 rings (SSSR count). The highest BCUT2D eigenvalue weighted by Crippen LogP contribution is 2.14. The Morgan fingerprint density at radius 1 is 1.30 bits per heavy atom. The topological polar surface area (TPSA) is 53.9 Å². The number of nitrogens with two attached hydrogens (primary N) is 1. The highest BCUT2D eigenvalue weighted by molar-refractivity contribution is 5.81. The molecule has 4 nitrogen and oxygen atoms in total. The van der Waals surface area contributed by atoms with Crippen molar-refractivity contribution in [3.8, 4) is 0 Å². The number of rotatable bonds is 6. The third-order valence-electron chi connectivity index (χ3n) is 3.61. The quantitative estimate of drug-likeness (QED) is 0.608. The van der Waals surface area contributed by atoms with Gasteiger partial charge in [-0.25, -0.2) is 0 Å². The SMILES string of the molecule is Cc1cccc2cc(C[NH2+]CCC[NH+](C)C)c(=O)[nH]c12. The van der Waals surface area contributed by atoms with Gasteiger partial charge in [0.15, 0.2) is 0 Å². The summed E-state index contributed by atoms with van der Waals surface area (Å²) in [6.07, 6.45) is 1.17. The highest BCUT2D eigenvalue weighted by atomic mass is 16.1. The molecule has 0 amide bonds. The van der Waals surface area contributed by atoms with Crippen LogP contribution in [0.25, 0.3) is 10.9 Å². The van der Waals surface area contributed by atoms with Crippen molar-refractivity contribution in [2.45, 2.75) is 19.9 Å². The molecule has 20 heavy (non-hydrogen) atoms. The number of para-hydroxylation sites is 1. The average molecular weight is 275 g/mol. The molecule has 0 fully saturated rings. The molecule has 4 N–H and O–H groups in total. The van der Waals surface area contributed by atoms with Crippen molar-refractivity contribution in [3.63, 3.8) is 0 Å². The van der Waals surface area contributed by atoms with E-state index in [-0.39, 0.29) is 5.56 Å². The molecule has 1 heterocycles. The molecule has 0 aliphatic carbocycles. The Bertz CT molecular complexity index is 631. The maximum absolute atomic E-state index is 12.1. The predicted octanol–water partition coefficient (Wildman–Crippen LogP) is -0.565. The Morgan fingerprint density at radius 3 is 2.85 bits per heavy atom. The van der Waals surface area contributed by atoms with Crippen LogP contribution in [0.3, 0.4) is 0 Å². The van der Waals surface area contributed by atoms with Gasteiger partial charge in [-0.05, 0) is 23.9 Å². The van der Waals surface area contributed by atoms with Crippen molar-refractivity contribution < 1.29 is 10.2 Å². The number of H-pyrrole nitrogens is 1. The van der Waals surface area contributed by atoms with Gasteiger partial charge in [0, 0.05) is 6.42 Å². The van der Waals surface area contributed by atoms with Crippen LogP contribution in [0.2, 0.25) is 0 Å². The zero-order valence-electron chi connectivity index (χ0n) is 12.6. The second-order valence-corrected chi connectivity index (χ2v) is 5.75. The number of pyridine rings is 1. The van der Waals surface area contributed by atoms with Crippen molar-refractivity contribution in [2.24, 2.45) is 0 Å². The maximum atomic E-state index is 12.1. The second kappa shape index (κ2) is 6.68. The van der Waals surface area contributed by atoms with E-state index in [1.807, 2.05) is 25.1 Å². The summed E-state index contributed by atoms with van der Waals surface area (Å²) in [5.74, 6) is 0. The molecule has 108 valence electrons. The minimum atomic E-state index is 0.0429. The van der Waals surface area contributed by atoms with Crippen molar-refractivity contribution >= 4 is 10.9 Å². The lowest BCUT2D eigenvalue weighted by Crippen LogP contribution is -3.06. The van der Waals surface area contributed by atoms with Crippen LogP contribution < -0.4 is 15.8 Å². The minimum Gasteiger partial charge on any atom is -0.342 e. The number of hydrogen-bond acceptors (Lipinski definition) is 1. The number of nitrogens with one attached hydrogen (secondary N) is 2. The van der Waals surface area contributed by atoms with Crippen LogP contribution in [0, 0.1) is 6.92 Å². The Kier molecular flexibility index (Phi) is 4.93. The largest absolute Gasteiger partial charge is 0.342 e. The Hall–Kier alpha value is -1.65. The molecule has 0 saturated heterocycles. The van der Waals surface area contributed by atoms with Crippen LogP contribution in [0.1, 0.15) is 17.5 Å². The molecule has 0 spiro atoms. The van der Waals surface area contributed by atoms with Crippen LogP contribution in [0.5, 0.6) is 0 Å². The van der Waals surface area contributed by atoms with Crippen molar-refractivity contribution in [3.05, 3.63) is 45.7 Å². The number of benzene rings is 1. The van der Waals surface area contributed by atoms with Gasteiger partial charge in [-0.15, -0.1) is 0 Å². The molecule has 1 aromatic heterocycles. The van der Waals surface area contributed by atoms with Gasteiger partial charge in [0.25, 0.3) is 5.56 Å². The van der Waals surface area contributed by atoms with E-state index in [0.717, 1.165) is 35.1 Å². The van der Waals surface area contributed by atoms with Gasteiger partial charge in [-0.1, -0.05) is 18.2 Å². The van der Waals surface area contributed by atoms with E-state index >= 15 is 0 Å². The number of quaternary nitrogens is 2. The smallest absolute Gasteiger partial charge is 0.257 e. The Balaban J connectivity index is 2.04. The fourth-order valence-electron chi connectivity index (χ4n) is 2.44. The fraction of sp³-hybridized carbons (Fsp3) is 0.438. The van der Waals surface area contributed by atoms with Gasteiger partial charge in [0.2, 0.25) is 0 Å². The summed E-state index contributed by atoms with van der Waals surface area (Å²) in [7, 11) is 4.33. The van der Waals surface area contributed by atoms with Gasteiger partial charge in [-0.3, -0.25) is 4.79 Å². The molecule has 0 bridgehead atoms. The molecule has 0 radical (unpaired) electrons. The van der Waals surface area contributed by atoms with Crippen LogP contribution in [-0.4, -0.2) is 32.2 Å². The van der Waals surface area contributed by atoms with Gasteiger partial charge in [0.1, 0.15) is 6.54 Å². The molecule has 4 heteroatoms. The molecule has 0 saturated carbocycles. The zero-order chi connectivity index (χ0) is 14.5. The zero-order valence-corrected chi connectivity index (χ0v) is 12.6. The number of aryl methyl sites for hydroxylation is 1. The van der Waals surface area contributed by atoms with Crippen LogP contribution in [-0.2, 0) is 6.54 Å². The molecule has 0 atom stereocenters. The lowest BCUT2D eigenvalue weighted by atomic mass is 10.1. The molecule has 0 unspecified atom stereocenters. The predicted molar refractivity (Wildman–Crippen MR) is 82.1 cm³/mol. The standard InChI is InChI=1S/C16H23N3O/c1-12-6-4-7-13-10-14(16(20)18-15(12)13)11-17-8-5-9-19(2)3/h4,6-7,10,17H,5,8-9,11H2,1-3H3,(H,18,20)/p+2. The maximum Gasteiger partial charge on any atom is 0.257 e. The third kappa shape index (κ3) is 3.68. The molecular formula is C16H25N3O+2. The first-order valence-corrected chi connectivity index (χ1v) is 7.30. The summed E-state index contributed by atoms with van der Waals surface area (Å²) in [5.41, 5.74) is 2.98. The first-order chi connectivity index (χ1) is 9.58. The summed E-state index contributed by atoms with van der Waals surface area (Å²) < 4.78 is 0. The minimum absolute atomic E-state index is 0.0429. The van der Waals surface area contributed by atoms with Crippen LogP contribution >= 0.6 is 0 Å². The number of aromatic amines is 1. The fourth-order valence-corrected chi connectivity index (χ4v) is 2.44. The second-order valence-electron chi connectivity index (χ2n) is 5.75. The molecule has 0 aliphatic rings. The molecule has 2 aromatic rings. The average Bonchev–Trinajstić information content (AvgIpc) is 2.40. The van der Waals surface area contributed by atoms with E-state index in [4.69, 9.17) is 0 Å². The lowest BCUT2D eigenvalue weighted by molar-refractivity contribution is -0.860. The van der Waals surface area contributed by atoms with E-state index in [1.54, 1.807) is 0 Å². The summed E-state index contributed by atoms with van der Waals surface area (Å²) in [4.78, 5) is 16.6. The number of aromatic nitrogens is 1. The van der Waals surface area contributed by atoms with Crippen LogP contribution in [0.15, 0.2) is 29.1 Å². The number of fused-ring (bicyclic) bond motifs is 1. The first-order valence-electron chi connectivity index (χ1n) is 7.30. The highest BCUT2D eigenvalue weighted by Gasteiger charge is 2.06. The normalized spacial score (nSPS) is 11.4. The van der Waals surface area contributed by atoms with Crippen LogP contribution in [0.4, 0.5) is 0 Å². The summed E-state index contributed by atoms with van der Waals surface area (Å²) in [5, 5.41) is 3.33. The summed E-state index contributed by atoms with van der Waals surface area (Å²) in [6, 6.07) is 8.13.